The number of aliphatic carboxylic acids is 1. The topological polar surface area (TPSA) is 365 Å². The smallest absolute Gasteiger partial charge is 0.411 e. The minimum Gasteiger partial charge on any atom is -0.480 e. The summed E-state index contributed by atoms with van der Waals surface area (Å²) in [5.41, 5.74) is 2.26. The van der Waals surface area contributed by atoms with Gasteiger partial charge in [0.2, 0.25) is 0 Å². The number of esters is 6. The highest BCUT2D eigenvalue weighted by Gasteiger charge is 2.63. The Kier molecular flexibility index (Phi) is 23.4. The molecule has 5 aliphatic heterocycles. The highest BCUT2D eigenvalue weighted by molar-refractivity contribution is 6.44. The lowest BCUT2D eigenvalue weighted by atomic mass is 9.69. The molecule has 11 aliphatic rings. The number of benzene rings is 2. The van der Waals surface area contributed by atoms with Crippen molar-refractivity contribution in [1.82, 2.24) is 29.2 Å². The first-order valence-electron chi connectivity index (χ1n) is 37.5. The molecule has 9 fully saturated rings. The Balaban J connectivity index is 0.000000139. The molecule has 4 aromatic rings. The van der Waals surface area contributed by atoms with Crippen molar-refractivity contribution in [2.45, 2.75) is 237 Å². The van der Waals surface area contributed by atoms with Gasteiger partial charge in [0.25, 0.3) is 23.4 Å². The van der Waals surface area contributed by atoms with Gasteiger partial charge in [0.15, 0.2) is 5.78 Å². The van der Waals surface area contributed by atoms with Crippen LogP contribution in [0.15, 0.2) is 60.7 Å². The fourth-order valence-electron chi connectivity index (χ4n) is 16.5. The fraction of sp³-hybridized carbons (Fsp3) is 0.575. The van der Waals surface area contributed by atoms with Crippen LogP contribution in [0.1, 0.15) is 213 Å². The van der Waals surface area contributed by atoms with Crippen molar-refractivity contribution in [3.63, 3.8) is 0 Å². The number of fused-ring (bicyclic) bond motifs is 9. The molecule has 111 heavy (non-hydrogen) atoms. The van der Waals surface area contributed by atoms with Gasteiger partial charge in [0, 0.05) is 60.9 Å². The van der Waals surface area contributed by atoms with Crippen LogP contribution in [0.4, 0.5) is 18.4 Å². The predicted molar refractivity (Wildman–Crippen MR) is 384 cm³/mol. The van der Waals surface area contributed by atoms with Crippen molar-refractivity contribution < 1.29 is 119 Å². The number of hydrogen-bond acceptors (Lipinski definition) is 22. The Morgan fingerprint density at radius 2 is 0.901 bits per heavy atom. The number of carbonyl (C=O) groups is 14. The average Bonchev–Trinajstić information content (AvgIpc) is 1.68. The van der Waals surface area contributed by atoms with E-state index in [0.29, 0.717) is 83.4 Å². The number of aromatic nitrogens is 2. The number of nitrogens with zero attached hydrogens (tertiary/aromatic N) is 5. The molecule has 6 saturated carbocycles. The van der Waals surface area contributed by atoms with Gasteiger partial charge in [-0.2, -0.15) is 0 Å². The van der Waals surface area contributed by atoms with Crippen LogP contribution in [0.3, 0.4) is 0 Å². The first-order valence-corrected chi connectivity index (χ1v) is 37.5. The Morgan fingerprint density at radius 1 is 0.505 bits per heavy atom. The normalized spacial score (nSPS) is 25.5. The number of hydrogen-bond donors (Lipinski definition) is 2. The van der Waals surface area contributed by atoms with Crippen LogP contribution in [0.25, 0.3) is 0 Å². The van der Waals surface area contributed by atoms with Crippen LogP contribution in [-0.2, 0) is 102 Å². The molecule has 0 radical (unpaired) electrons. The third-order valence-electron chi connectivity index (χ3n) is 22.0. The summed E-state index contributed by atoms with van der Waals surface area (Å²) < 4.78 is 70.9. The van der Waals surface area contributed by atoms with Gasteiger partial charge in [-0.15, -0.1) is 0 Å². The third-order valence-corrected chi connectivity index (χ3v) is 22.0. The van der Waals surface area contributed by atoms with E-state index in [-0.39, 0.29) is 73.7 Å². The molecule has 6 aliphatic carbocycles. The number of amides is 4. The molecule has 13 atom stereocenters. The minimum atomic E-state index is -3.05. The largest absolute Gasteiger partial charge is 0.480 e. The van der Waals surface area contributed by atoms with E-state index in [2.05, 4.69) is 10.1 Å². The highest BCUT2D eigenvalue weighted by atomic mass is 19.3. The molecule has 4 amide bonds. The quantitative estimate of drug-likeness (QED) is 0.0430. The van der Waals surface area contributed by atoms with Gasteiger partial charge in [-0.05, 0) is 178 Å². The molecule has 29 nitrogen and oxygen atoms in total. The zero-order valence-electron chi connectivity index (χ0n) is 64.5. The van der Waals surface area contributed by atoms with E-state index in [1.807, 2.05) is 86.0 Å². The molecular weight excluding hydrogens is 1450 g/mol. The summed E-state index contributed by atoms with van der Waals surface area (Å²) in [5.74, 6) is -9.75. The number of carbonyl (C=O) groups excluding carboxylic acids is 13. The van der Waals surface area contributed by atoms with Crippen molar-refractivity contribution in [3.05, 3.63) is 117 Å². The number of nitrogens with one attached hydrogen (secondary N) is 1. The number of likely N-dealkylation sites (tertiary alicyclic amines) is 3. The number of Topliss-reactive ketones (excluding diaryl/α,β-unsaturated/α-hetero) is 3. The summed E-state index contributed by atoms with van der Waals surface area (Å²) in [6.07, 6.45) is 5.17. The van der Waals surface area contributed by atoms with Gasteiger partial charge in [-0.3, -0.25) is 33.8 Å². The second kappa shape index (κ2) is 31.8. The highest BCUT2D eigenvalue weighted by Crippen LogP contribution is 2.57. The first kappa shape index (κ1) is 81.6. The average molecular weight is 1550 g/mol. The second-order valence-electron chi connectivity index (χ2n) is 32.2. The van der Waals surface area contributed by atoms with Crippen LogP contribution in [0.2, 0.25) is 0 Å². The second-order valence-corrected chi connectivity index (χ2v) is 32.2. The van der Waals surface area contributed by atoms with Crippen molar-refractivity contribution in [3.8, 4) is 0 Å². The number of alkyl halides is 2. The molecule has 1 unspecified atom stereocenters. The van der Waals surface area contributed by atoms with Crippen LogP contribution in [-0.4, -0.2) is 199 Å². The van der Waals surface area contributed by atoms with E-state index < -0.39 is 131 Å². The van der Waals surface area contributed by atoms with Gasteiger partial charge in [0.05, 0.1) is 39.1 Å². The standard InChI is InChI=1S/C20H22F2N2O5.C18H23NO4.C16H17NO5.C15H17NO5.C11H17NO4/c1-4-13(25)19(7-20(21,22)8-19)23-17(27)16(26)14-9(2)15(18(28)29-3)24-11-5-10(11)6-12(14)24;1-18(2,3)23-17(21)19-14-9-13(14)10-15(19)16(20)22-11-12-7-5-4-6-8-12;1-21-16(20)14(18)17-12-7-11(12)8-13(17)15(19)22-9-10-5-3-2-4-6-10;1-4-21-15(19)13(17)11-7(2)12(14(18)20-3)16-9-5-8(9)6-10(11)16;1-11(2,3)16-10(15)12-7-4-6(7)5-8(12)9(13)14/h10-11H,4-8H2,1-3H3,(H,23,27);4-8,13-15H,9-11H2,1-3H3;2-6,11-13H,7-9H2,1H3;8-9H,4-6H2,1-3H3;6-8H,4-5H2,1-3H3,(H,13,14)/t10-,11-;13-,14-,15-;11-,12-,13?;8-,9-;6-,7-,8-/m11111/s1. The van der Waals surface area contributed by atoms with Gasteiger partial charge in [-0.25, -0.2) is 51.9 Å². The number of ether oxygens (including phenoxy) is 8. The summed E-state index contributed by atoms with van der Waals surface area (Å²) in [6.45, 7) is 17.8. The summed E-state index contributed by atoms with van der Waals surface area (Å²) in [7, 11) is 3.71. The number of carboxylic acids is 1. The molecule has 0 bridgehead atoms. The molecule has 2 N–H and O–H groups in total. The number of halogens is 2. The molecule has 15 rings (SSSR count). The van der Waals surface area contributed by atoms with Crippen LogP contribution in [0, 0.1) is 43.4 Å². The Hall–Kier alpha value is -10.4. The minimum absolute atomic E-state index is 0.0267. The van der Waals surface area contributed by atoms with Crippen molar-refractivity contribution in [1.29, 1.82) is 0 Å². The van der Waals surface area contributed by atoms with Gasteiger partial charge in [-0.1, -0.05) is 67.6 Å². The Bertz CT molecular complexity index is 4390. The Labute approximate surface area is 639 Å². The number of rotatable bonds is 17. The molecule has 598 valence electrons. The van der Waals surface area contributed by atoms with E-state index in [4.69, 9.17) is 38.3 Å². The lowest BCUT2D eigenvalue weighted by Gasteiger charge is -2.46. The first-order chi connectivity index (χ1) is 52.3. The van der Waals surface area contributed by atoms with Crippen LogP contribution in [0.5, 0.6) is 0 Å². The maximum atomic E-state index is 13.5. The van der Waals surface area contributed by atoms with Crippen molar-refractivity contribution in [2.24, 2.45) is 29.6 Å². The molecule has 2 aromatic carbocycles. The summed E-state index contributed by atoms with van der Waals surface area (Å²) in [6, 6.07) is 17.5. The van der Waals surface area contributed by atoms with E-state index in [1.165, 1.54) is 30.9 Å². The Morgan fingerprint density at radius 3 is 1.29 bits per heavy atom. The van der Waals surface area contributed by atoms with E-state index >= 15 is 0 Å². The maximum Gasteiger partial charge on any atom is 0.411 e. The van der Waals surface area contributed by atoms with Crippen molar-refractivity contribution >= 4 is 83.1 Å². The summed E-state index contributed by atoms with van der Waals surface area (Å²) in [5, 5.41) is 11.3. The lowest BCUT2D eigenvalue weighted by molar-refractivity contribution is -0.164. The summed E-state index contributed by atoms with van der Waals surface area (Å²) >= 11 is 0. The molecule has 7 heterocycles. The van der Waals surface area contributed by atoms with E-state index in [1.54, 1.807) is 51.0 Å². The monoisotopic (exact) mass is 1550 g/mol. The molecule has 3 saturated heterocycles. The van der Waals surface area contributed by atoms with Gasteiger partial charge >= 0.3 is 59.9 Å². The van der Waals surface area contributed by atoms with Crippen LogP contribution < -0.4 is 5.32 Å². The predicted octanol–water partition coefficient (Wildman–Crippen LogP) is 9.08. The molecule has 31 heteroatoms. The SMILES string of the molecule is CC(C)(C)OC(=O)N1[C@@H](C(=O)O)C[C@H]2C[C@H]21.CC(C)(C)OC(=O)N1[C@@H](C(=O)OCc2ccccc2)C[C@H]2C[C@H]21.CCC(=O)C1(NC(=O)C(=O)c2c(C)c(C(=O)OC)n3c2C[C@H]2C[C@H]23)CC(F)(F)C1.CCOC(=O)C(=O)c1c(C)c(C(=O)OC)n2c1C[C@H]1C[C@H]12.COC(=O)C(=O)N1C(C(=O)OCc2ccccc2)C[C@H]2C[C@H]21. The van der Waals surface area contributed by atoms with E-state index in [0.717, 1.165) is 62.5 Å². The summed E-state index contributed by atoms with van der Waals surface area (Å²) in [4.78, 5) is 174. The number of piperidine rings is 3. The lowest BCUT2D eigenvalue weighted by Crippen LogP contribution is -2.67. The van der Waals surface area contributed by atoms with Crippen LogP contribution >= 0.6 is 0 Å². The maximum absolute atomic E-state index is 13.5. The third kappa shape index (κ3) is 17.4. The van der Waals surface area contributed by atoms with E-state index in [9.17, 15) is 75.9 Å². The van der Waals surface area contributed by atoms with Gasteiger partial charge in [0.1, 0.15) is 59.5 Å². The molecule has 0 spiro atoms. The number of ketones is 3. The number of methoxy groups -OCH3 is 3. The molecular formula is C80H96F2N6O23. The molecule has 2 aromatic heterocycles. The fourth-order valence-corrected chi connectivity index (χ4v) is 16.5. The zero-order chi connectivity index (χ0) is 81.0. The number of carboxylic acid groups (broad SMARTS) is 1. The van der Waals surface area contributed by atoms with Gasteiger partial charge < -0.3 is 62.4 Å². The zero-order valence-corrected chi connectivity index (χ0v) is 64.5. The van der Waals surface area contributed by atoms with Crippen molar-refractivity contribution in [2.75, 3.05) is 27.9 Å².